The van der Waals surface area contributed by atoms with Gasteiger partial charge >= 0.3 is 5.97 Å². The van der Waals surface area contributed by atoms with Crippen molar-refractivity contribution in [2.45, 2.75) is 31.3 Å². The first kappa shape index (κ1) is 18.2. The molecule has 4 rings (SSSR count). The maximum Gasteiger partial charge on any atom is 0.345 e. The van der Waals surface area contributed by atoms with Crippen molar-refractivity contribution in [2.24, 2.45) is 11.8 Å². The molecule has 142 valence electrons. The summed E-state index contributed by atoms with van der Waals surface area (Å²) in [5.41, 5.74) is 2.23. The second-order valence-electron chi connectivity index (χ2n) is 7.86. The number of fused-ring (bicyclic) bond motifs is 2. The SMILES string of the molecule is COC(C(=O)O)(c1ccccc1)c1cccc(C2C3CCC2CNC3)c1C. The number of rotatable bonds is 5. The molecule has 1 aliphatic heterocycles. The summed E-state index contributed by atoms with van der Waals surface area (Å²) in [7, 11) is 1.49. The summed E-state index contributed by atoms with van der Waals surface area (Å²) in [6.45, 7) is 4.17. The van der Waals surface area contributed by atoms with Crippen molar-refractivity contribution in [3.8, 4) is 0 Å². The summed E-state index contributed by atoms with van der Waals surface area (Å²) >= 11 is 0. The van der Waals surface area contributed by atoms with Gasteiger partial charge in [-0.2, -0.15) is 0 Å². The van der Waals surface area contributed by atoms with Gasteiger partial charge < -0.3 is 15.2 Å². The van der Waals surface area contributed by atoms with Crippen LogP contribution in [0, 0.1) is 18.8 Å². The van der Waals surface area contributed by atoms with Gasteiger partial charge in [0.05, 0.1) is 0 Å². The van der Waals surface area contributed by atoms with Crippen LogP contribution in [0.3, 0.4) is 0 Å². The van der Waals surface area contributed by atoms with Crippen LogP contribution in [0.1, 0.15) is 41.0 Å². The van der Waals surface area contributed by atoms with Gasteiger partial charge in [0.25, 0.3) is 0 Å². The van der Waals surface area contributed by atoms with Gasteiger partial charge in [0.2, 0.25) is 5.60 Å². The van der Waals surface area contributed by atoms with E-state index in [9.17, 15) is 9.90 Å². The molecular weight excluding hydrogens is 338 g/mol. The summed E-state index contributed by atoms with van der Waals surface area (Å²) in [5.74, 6) is 0.794. The number of carboxylic acid groups (broad SMARTS) is 1. The Labute approximate surface area is 160 Å². The molecular formula is C23H27NO3. The molecule has 0 amide bonds. The highest BCUT2D eigenvalue weighted by molar-refractivity contribution is 5.85. The van der Waals surface area contributed by atoms with E-state index in [-0.39, 0.29) is 0 Å². The minimum absolute atomic E-state index is 0.505. The highest BCUT2D eigenvalue weighted by Crippen LogP contribution is 2.48. The molecule has 1 saturated heterocycles. The molecule has 2 N–H and O–H groups in total. The number of hydrogen-bond donors (Lipinski definition) is 2. The number of methoxy groups -OCH3 is 1. The van der Waals surface area contributed by atoms with Gasteiger partial charge in [0, 0.05) is 12.7 Å². The molecule has 0 spiro atoms. The largest absolute Gasteiger partial charge is 0.479 e. The van der Waals surface area contributed by atoms with Gasteiger partial charge in [-0.1, -0.05) is 48.5 Å². The molecule has 0 radical (unpaired) electrons. The van der Waals surface area contributed by atoms with Crippen LogP contribution in [-0.4, -0.2) is 31.3 Å². The average molecular weight is 365 g/mol. The first-order valence-corrected chi connectivity index (χ1v) is 9.74. The van der Waals surface area contributed by atoms with E-state index in [4.69, 9.17) is 4.74 Å². The second kappa shape index (κ2) is 7.10. The lowest BCUT2D eigenvalue weighted by molar-refractivity contribution is -0.158. The molecule has 2 aliphatic rings. The van der Waals surface area contributed by atoms with Crippen LogP contribution in [0.5, 0.6) is 0 Å². The number of carboxylic acids is 1. The molecule has 1 heterocycles. The Morgan fingerprint density at radius 2 is 1.74 bits per heavy atom. The first-order valence-electron chi connectivity index (χ1n) is 9.74. The summed E-state index contributed by atoms with van der Waals surface area (Å²) in [4.78, 5) is 12.5. The molecule has 1 aliphatic carbocycles. The molecule has 2 aromatic carbocycles. The lowest BCUT2D eigenvalue weighted by atomic mass is 9.75. The lowest BCUT2D eigenvalue weighted by Crippen LogP contribution is -2.41. The number of nitrogens with one attached hydrogen (secondary N) is 1. The molecule has 3 atom stereocenters. The fourth-order valence-corrected chi connectivity index (χ4v) is 5.37. The second-order valence-corrected chi connectivity index (χ2v) is 7.86. The van der Waals surface area contributed by atoms with Crippen molar-refractivity contribution in [1.29, 1.82) is 0 Å². The molecule has 4 nitrogen and oxygen atoms in total. The van der Waals surface area contributed by atoms with Crippen LogP contribution in [-0.2, 0) is 15.1 Å². The zero-order valence-electron chi connectivity index (χ0n) is 15.9. The zero-order chi connectivity index (χ0) is 19.0. The first-order chi connectivity index (χ1) is 13.1. The van der Waals surface area contributed by atoms with Gasteiger partial charge in [0.1, 0.15) is 0 Å². The molecule has 1 saturated carbocycles. The molecule has 2 fully saturated rings. The smallest absolute Gasteiger partial charge is 0.345 e. The van der Waals surface area contributed by atoms with Crippen molar-refractivity contribution < 1.29 is 14.6 Å². The number of benzene rings is 2. The fraction of sp³-hybridized carbons (Fsp3) is 0.435. The van der Waals surface area contributed by atoms with E-state index in [1.54, 1.807) is 0 Å². The minimum atomic E-state index is -1.49. The van der Waals surface area contributed by atoms with Crippen molar-refractivity contribution >= 4 is 5.97 Å². The molecule has 3 unspecified atom stereocenters. The third-order valence-corrected chi connectivity index (χ3v) is 6.64. The molecule has 27 heavy (non-hydrogen) atoms. The quantitative estimate of drug-likeness (QED) is 0.849. The molecule has 0 aromatic heterocycles. The number of ether oxygens (including phenoxy) is 1. The van der Waals surface area contributed by atoms with Gasteiger partial charge in [-0.3, -0.25) is 0 Å². The minimum Gasteiger partial charge on any atom is -0.479 e. The van der Waals surface area contributed by atoms with E-state index in [1.807, 2.05) is 42.5 Å². The summed E-state index contributed by atoms with van der Waals surface area (Å²) < 4.78 is 5.75. The number of carbonyl (C=O) groups is 1. The Hall–Kier alpha value is -2.17. The summed E-state index contributed by atoms with van der Waals surface area (Å²) in [6, 6.07) is 15.4. The Balaban J connectivity index is 1.87. The molecule has 2 aromatic rings. The number of hydrogen-bond acceptors (Lipinski definition) is 3. The Morgan fingerprint density at radius 3 is 2.33 bits per heavy atom. The van der Waals surface area contributed by atoms with Crippen LogP contribution < -0.4 is 5.32 Å². The molecule has 2 bridgehead atoms. The Bertz CT molecular complexity index is 819. The van der Waals surface area contributed by atoms with Crippen molar-refractivity contribution in [3.05, 3.63) is 70.8 Å². The monoisotopic (exact) mass is 365 g/mol. The Kier molecular flexibility index (Phi) is 4.79. The normalized spacial score (nSPS) is 26.5. The third kappa shape index (κ3) is 2.79. The maximum absolute atomic E-state index is 12.5. The zero-order valence-corrected chi connectivity index (χ0v) is 15.9. The average Bonchev–Trinajstić information content (AvgIpc) is 2.92. The highest BCUT2D eigenvalue weighted by atomic mass is 16.5. The third-order valence-electron chi connectivity index (χ3n) is 6.64. The van der Waals surface area contributed by atoms with Gasteiger partial charge in [-0.25, -0.2) is 4.79 Å². The number of aliphatic carboxylic acids is 1. The van der Waals surface area contributed by atoms with E-state index in [1.165, 1.54) is 25.5 Å². The van der Waals surface area contributed by atoms with Gasteiger partial charge in [0.15, 0.2) is 0 Å². The van der Waals surface area contributed by atoms with Crippen LogP contribution >= 0.6 is 0 Å². The van der Waals surface area contributed by atoms with Crippen LogP contribution in [0.15, 0.2) is 48.5 Å². The predicted octanol–water partition coefficient (Wildman–Crippen LogP) is 3.68. The fourth-order valence-electron chi connectivity index (χ4n) is 5.37. The Morgan fingerprint density at radius 1 is 1.07 bits per heavy atom. The van der Waals surface area contributed by atoms with E-state index in [2.05, 4.69) is 18.3 Å². The van der Waals surface area contributed by atoms with Crippen LogP contribution in [0.2, 0.25) is 0 Å². The van der Waals surface area contributed by atoms with Crippen molar-refractivity contribution in [1.82, 2.24) is 5.32 Å². The lowest BCUT2D eigenvalue weighted by Gasteiger charge is -2.35. The van der Waals surface area contributed by atoms with Gasteiger partial charge in [-0.05, 0) is 67.3 Å². The van der Waals surface area contributed by atoms with E-state index in [0.29, 0.717) is 23.3 Å². The molecule has 4 heteroatoms. The van der Waals surface area contributed by atoms with Crippen molar-refractivity contribution in [3.63, 3.8) is 0 Å². The topological polar surface area (TPSA) is 58.6 Å². The van der Waals surface area contributed by atoms with Crippen molar-refractivity contribution in [2.75, 3.05) is 20.2 Å². The van der Waals surface area contributed by atoms with E-state index >= 15 is 0 Å². The van der Waals surface area contributed by atoms with E-state index in [0.717, 1.165) is 24.2 Å². The van der Waals surface area contributed by atoms with Crippen LogP contribution in [0.25, 0.3) is 0 Å². The van der Waals surface area contributed by atoms with Gasteiger partial charge in [-0.15, -0.1) is 0 Å². The highest BCUT2D eigenvalue weighted by Gasteiger charge is 2.46. The standard InChI is InChI=1S/C23H27NO3/c1-15-19(21-16-11-12-17(21)14-24-13-16)9-6-10-20(15)23(27-2,22(25)26)18-7-4-3-5-8-18/h3-10,16-17,21,24H,11-14H2,1-2H3,(H,25,26). The number of piperidine rings is 1. The van der Waals surface area contributed by atoms with E-state index < -0.39 is 11.6 Å². The predicted molar refractivity (Wildman–Crippen MR) is 105 cm³/mol. The summed E-state index contributed by atoms with van der Waals surface area (Å²) in [5, 5.41) is 13.8. The maximum atomic E-state index is 12.5. The van der Waals surface area contributed by atoms with Crippen LogP contribution in [0.4, 0.5) is 0 Å². The summed E-state index contributed by atoms with van der Waals surface area (Å²) in [6.07, 6.45) is 2.50.